The predicted molar refractivity (Wildman–Crippen MR) is 82.6 cm³/mol. The molecule has 2 rings (SSSR count). The van der Waals surface area contributed by atoms with Gasteiger partial charge in [-0.2, -0.15) is 4.74 Å². The van der Waals surface area contributed by atoms with Gasteiger partial charge in [-0.25, -0.2) is 0 Å². The maximum Gasteiger partial charge on any atom is 0.254 e. The van der Waals surface area contributed by atoms with Crippen LogP contribution in [0.3, 0.4) is 0 Å². The second-order valence-electron chi connectivity index (χ2n) is 5.04. The molecule has 1 saturated heterocycles. The fourth-order valence-corrected chi connectivity index (χ4v) is 4.20. The molecular weight excluding hydrogens is 280 g/mol. The number of hydrogen-bond donors (Lipinski definition) is 0. The van der Waals surface area contributed by atoms with Gasteiger partial charge in [-0.3, -0.25) is 4.90 Å². The molecule has 19 heavy (non-hydrogen) atoms. The molecule has 1 fully saturated rings. The summed E-state index contributed by atoms with van der Waals surface area (Å²) < 4.78 is 6.72. The summed E-state index contributed by atoms with van der Waals surface area (Å²) in [4.78, 5) is 2.01. The zero-order chi connectivity index (χ0) is 14.0. The van der Waals surface area contributed by atoms with Crippen LogP contribution in [0.1, 0.15) is 33.0 Å². The second-order valence-corrected chi connectivity index (χ2v) is 7.33. The van der Waals surface area contributed by atoms with Gasteiger partial charge in [-0.1, -0.05) is 30.9 Å². The van der Waals surface area contributed by atoms with Crippen molar-refractivity contribution in [3.8, 4) is 0 Å². The van der Waals surface area contributed by atoms with Crippen LogP contribution in [-0.4, -0.2) is 37.6 Å². The highest BCUT2D eigenvalue weighted by Gasteiger charge is 2.50. The quantitative estimate of drug-likeness (QED) is 0.281. The van der Waals surface area contributed by atoms with Gasteiger partial charge in [0.15, 0.2) is 5.76 Å². The summed E-state index contributed by atoms with van der Waals surface area (Å²) in [6, 6.07) is 3.53. The Bertz CT molecular complexity index is 483. The van der Waals surface area contributed by atoms with Crippen molar-refractivity contribution in [1.29, 1.82) is 0 Å². The van der Waals surface area contributed by atoms with Crippen LogP contribution in [-0.2, 0) is 0 Å². The van der Waals surface area contributed by atoms with Crippen molar-refractivity contribution < 1.29 is 9.16 Å². The highest BCUT2D eigenvalue weighted by molar-refractivity contribution is 8.24. The minimum Gasteiger partial charge on any atom is -0.622 e. The minimum absolute atomic E-state index is 0.239. The lowest BCUT2D eigenvalue weighted by atomic mass is 10.1. The van der Waals surface area contributed by atoms with E-state index in [-0.39, 0.29) is 10.9 Å². The zero-order valence-electron chi connectivity index (χ0n) is 11.3. The van der Waals surface area contributed by atoms with Gasteiger partial charge in [0, 0.05) is 6.54 Å². The van der Waals surface area contributed by atoms with Crippen LogP contribution in [0.25, 0.3) is 0 Å². The van der Waals surface area contributed by atoms with Crippen molar-refractivity contribution in [3.05, 3.63) is 29.4 Å². The molecule has 104 valence electrons. The van der Waals surface area contributed by atoms with Crippen LogP contribution in [0.5, 0.6) is 0 Å². The molecular formula is C13H18N2O2S2. The van der Waals surface area contributed by atoms with Crippen LogP contribution in [0.15, 0.2) is 22.8 Å². The van der Waals surface area contributed by atoms with E-state index < -0.39 is 0 Å². The van der Waals surface area contributed by atoms with Crippen LogP contribution in [0.2, 0.25) is 0 Å². The van der Waals surface area contributed by atoms with Gasteiger partial charge in [0.1, 0.15) is 9.07 Å². The second kappa shape index (κ2) is 5.54. The number of hydrogen-bond acceptors (Lipinski definition) is 4. The average molecular weight is 298 g/mol. The van der Waals surface area contributed by atoms with Gasteiger partial charge in [-0.15, -0.1) is 0 Å². The topological polar surface area (TPSA) is 42.5 Å². The Labute approximate surface area is 123 Å². The molecule has 0 saturated carbocycles. The first-order valence-electron chi connectivity index (χ1n) is 6.29. The molecule has 6 heteroatoms. The fourth-order valence-electron chi connectivity index (χ4n) is 2.27. The molecule has 1 atom stereocenters. The Hall–Kier alpha value is -1.01. The molecule has 0 unspecified atom stereocenters. The molecule has 1 aromatic rings. The third-order valence-electron chi connectivity index (χ3n) is 3.01. The van der Waals surface area contributed by atoms with Crippen molar-refractivity contribution >= 4 is 34.5 Å². The van der Waals surface area contributed by atoms with E-state index in [1.807, 2.05) is 18.7 Å². The number of thioether (sulfide) groups is 1. The summed E-state index contributed by atoms with van der Waals surface area (Å²) in [5.74, 6) is 0.560. The molecule has 0 amide bonds. The van der Waals surface area contributed by atoms with Crippen LogP contribution in [0.4, 0.5) is 0 Å². The van der Waals surface area contributed by atoms with E-state index in [0.29, 0.717) is 5.76 Å². The molecule has 1 aliphatic rings. The standard InChI is InChI=1S/C13H18N2O2S2/c1-4-7-14-11(13(2,3)19-12(14)18)15(16)9-10-6-5-8-17-10/h5-6,8-9,11H,4,7H2,1-3H3/b15-9-/t11-/m1/s1. The molecule has 0 bridgehead atoms. The molecule has 0 radical (unpaired) electrons. The van der Waals surface area contributed by atoms with Gasteiger partial charge in [-0.05, 0) is 32.4 Å². The average Bonchev–Trinajstić information content (AvgIpc) is 2.86. The Morgan fingerprint density at radius 1 is 1.63 bits per heavy atom. The van der Waals surface area contributed by atoms with Crippen LogP contribution < -0.4 is 0 Å². The number of nitrogens with zero attached hydrogens (tertiary/aromatic N) is 2. The van der Waals surface area contributed by atoms with Gasteiger partial charge in [0.25, 0.3) is 6.17 Å². The SMILES string of the molecule is CCCN1C(=S)SC(C)(C)[C@H]1/[N+]([O-])=C/c1ccco1. The molecule has 1 aliphatic heterocycles. The van der Waals surface area contributed by atoms with E-state index in [0.717, 1.165) is 22.0 Å². The third kappa shape index (κ3) is 2.95. The van der Waals surface area contributed by atoms with E-state index in [1.54, 1.807) is 30.2 Å². The predicted octanol–water partition coefficient (Wildman–Crippen LogP) is 3.06. The van der Waals surface area contributed by atoms with Crippen LogP contribution in [0, 0.1) is 5.21 Å². The molecule has 2 heterocycles. The number of thiocarbonyl (C=S) groups is 1. The lowest BCUT2D eigenvalue weighted by molar-refractivity contribution is -0.524. The van der Waals surface area contributed by atoms with Gasteiger partial charge in [0.05, 0.1) is 6.26 Å². The Morgan fingerprint density at radius 2 is 2.37 bits per heavy atom. The third-order valence-corrected chi connectivity index (χ3v) is 4.64. The van der Waals surface area contributed by atoms with Crippen molar-refractivity contribution in [2.75, 3.05) is 6.54 Å². The molecule has 0 spiro atoms. The van der Waals surface area contributed by atoms with E-state index in [1.165, 1.54) is 6.21 Å². The van der Waals surface area contributed by atoms with E-state index in [9.17, 15) is 5.21 Å². The number of rotatable bonds is 4. The summed E-state index contributed by atoms with van der Waals surface area (Å²) in [6.07, 6.45) is 3.71. The molecule has 0 N–H and O–H groups in total. The van der Waals surface area contributed by atoms with Crippen LogP contribution >= 0.6 is 24.0 Å². The highest BCUT2D eigenvalue weighted by atomic mass is 32.2. The summed E-state index contributed by atoms with van der Waals surface area (Å²) in [6.45, 7) is 6.97. The first kappa shape index (κ1) is 14.4. The normalized spacial score (nSPS) is 23.1. The van der Waals surface area contributed by atoms with Crippen molar-refractivity contribution in [2.24, 2.45) is 0 Å². The molecule has 4 nitrogen and oxygen atoms in total. The fraction of sp³-hybridized carbons (Fsp3) is 0.538. The number of hydroxylamine groups is 1. The Kier molecular flexibility index (Phi) is 4.20. The number of furan rings is 1. The van der Waals surface area contributed by atoms with E-state index in [2.05, 4.69) is 6.92 Å². The first-order valence-corrected chi connectivity index (χ1v) is 7.51. The Morgan fingerprint density at radius 3 is 2.95 bits per heavy atom. The van der Waals surface area contributed by atoms with Crippen molar-refractivity contribution in [1.82, 2.24) is 4.90 Å². The van der Waals surface area contributed by atoms with E-state index >= 15 is 0 Å². The molecule has 1 aromatic heterocycles. The summed E-state index contributed by atoms with van der Waals surface area (Å²) >= 11 is 6.97. The summed E-state index contributed by atoms with van der Waals surface area (Å²) in [7, 11) is 0. The minimum atomic E-state index is -0.296. The van der Waals surface area contributed by atoms with Crippen molar-refractivity contribution in [3.63, 3.8) is 0 Å². The maximum absolute atomic E-state index is 12.4. The van der Waals surface area contributed by atoms with Gasteiger partial charge in [0.2, 0.25) is 6.21 Å². The van der Waals surface area contributed by atoms with E-state index in [4.69, 9.17) is 16.6 Å². The van der Waals surface area contributed by atoms with Gasteiger partial charge < -0.3 is 9.62 Å². The lowest BCUT2D eigenvalue weighted by Gasteiger charge is -2.29. The maximum atomic E-state index is 12.4. The monoisotopic (exact) mass is 298 g/mol. The van der Waals surface area contributed by atoms with Crippen molar-refractivity contribution in [2.45, 2.75) is 38.1 Å². The molecule has 0 aliphatic carbocycles. The largest absolute Gasteiger partial charge is 0.622 e. The first-order chi connectivity index (χ1) is 8.95. The molecule has 0 aromatic carbocycles. The summed E-state index contributed by atoms with van der Waals surface area (Å²) in [5, 5.41) is 12.4. The Balaban J connectivity index is 2.30. The lowest BCUT2D eigenvalue weighted by Crippen LogP contribution is -2.48. The zero-order valence-corrected chi connectivity index (χ0v) is 13.0. The highest BCUT2D eigenvalue weighted by Crippen LogP contribution is 2.41. The summed E-state index contributed by atoms with van der Waals surface area (Å²) in [5.41, 5.74) is 0. The smallest absolute Gasteiger partial charge is 0.254 e. The van der Waals surface area contributed by atoms with Gasteiger partial charge >= 0.3 is 0 Å².